The second kappa shape index (κ2) is 8.56. The Morgan fingerprint density at radius 3 is 2.90 bits per heavy atom. The number of anilines is 1. The summed E-state index contributed by atoms with van der Waals surface area (Å²) < 4.78 is 0. The minimum atomic E-state index is -1.11. The largest absolute Gasteiger partial charge is 0.465 e. The lowest BCUT2D eigenvalue weighted by molar-refractivity contribution is -0.113. The molecular formula is C21H15ClN4O3S. The number of benzene rings is 2. The Balaban J connectivity index is 1.50. The monoisotopic (exact) mass is 438 g/mol. The molecule has 9 heteroatoms. The fourth-order valence-electron chi connectivity index (χ4n) is 2.87. The quantitative estimate of drug-likeness (QED) is 0.508. The second-order valence-electron chi connectivity index (χ2n) is 6.39. The van der Waals surface area contributed by atoms with Crippen LogP contribution >= 0.6 is 23.4 Å². The molecule has 1 aromatic heterocycles. The Bertz CT molecular complexity index is 1230. The van der Waals surface area contributed by atoms with Crippen LogP contribution in [0.1, 0.15) is 11.1 Å². The van der Waals surface area contributed by atoms with Crippen LogP contribution < -0.4 is 10.6 Å². The third kappa shape index (κ3) is 4.61. The van der Waals surface area contributed by atoms with Crippen LogP contribution in [0.5, 0.6) is 0 Å². The van der Waals surface area contributed by atoms with Crippen molar-refractivity contribution >= 4 is 63.2 Å². The fraction of sp³-hybridized carbons (Fsp3) is 0.0476. The Hall–Kier alpha value is -3.36. The molecule has 4 rings (SSSR count). The highest BCUT2D eigenvalue weighted by molar-refractivity contribution is 8.18. The maximum absolute atomic E-state index is 12.3. The van der Waals surface area contributed by atoms with Crippen molar-refractivity contribution in [1.82, 2.24) is 10.3 Å². The molecule has 3 aromatic rings. The number of pyridine rings is 1. The van der Waals surface area contributed by atoms with E-state index < -0.39 is 6.09 Å². The Morgan fingerprint density at radius 2 is 2.07 bits per heavy atom. The number of carbonyl (C=O) groups excluding carboxylic acids is 1. The number of nitrogens with zero attached hydrogens (tertiary/aromatic N) is 2. The second-order valence-corrected chi connectivity index (χ2v) is 7.82. The molecule has 150 valence electrons. The molecule has 1 aliphatic heterocycles. The summed E-state index contributed by atoms with van der Waals surface area (Å²) in [6, 6.07) is 14.7. The van der Waals surface area contributed by atoms with Gasteiger partial charge in [-0.05, 0) is 59.3 Å². The van der Waals surface area contributed by atoms with E-state index in [4.69, 9.17) is 16.7 Å². The maximum Gasteiger partial charge on any atom is 0.404 e. The van der Waals surface area contributed by atoms with Gasteiger partial charge in [-0.3, -0.25) is 9.78 Å². The van der Waals surface area contributed by atoms with E-state index in [9.17, 15) is 9.59 Å². The number of carboxylic acid groups (broad SMARTS) is 1. The van der Waals surface area contributed by atoms with Gasteiger partial charge in [0.25, 0.3) is 5.91 Å². The standard InChI is InChI=1S/C21H15ClN4O3S/c22-15-5-3-13(11-24-21(28)29)9-17(15)25-20-26-19(27)18(30-20)10-12-4-6-16-14(8-12)2-1-7-23-16/h1-10,24H,11H2,(H,28,29)(H,25,26,27). The summed E-state index contributed by atoms with van der Waals surface area (Å²) in [6.45, 7) is 0.141. The average molecular weight is 439 g/mol. The summed E-state index contributed by atoms with van der Waals surface area (Å²) in [5, 5.41) is 15.9. The number of halogens is 1. The van der Waals surface area contributed by atoms with Gasteiger partial charge < -0.3 is 15.7 Å². The zero-order chi connectivity index (χ0) is 21.1. The summed E-state index contributed by atoms with van der Waals surface area (Å²) in [5.41, 5.74) is 3.02. The van der Waals surface area contributed by atoms with Crippen molar-refractivity contribution < 1.29 is 14.7 Å². The van der Waals surface area contributed by atoms with Crippen molar-refractivity contribution in [3.05, 3.63) is 75.8 Å². The topological polar surface area (TPSA) is 104 Å². The number of thioether (sulfide) groups is 1. The van der Waals surface area contributed by atoms with Crippen LogP contribution in [0, 0.1) is 0 Å². The van der Waals surface area contributed by atoms with E-state index in [1.54, 1.807) is 30.5 Å². The molecule has 2 heterocycles. The van der Waals surface area contributed by atoms with Gasteiger partial charge in [0, 0.05) is 18.1 Å². The number of aliphatic imine (C=N–C) groups is 1. The predicted molar refractivity (Wildman–Crippen MR) is 120 cm³/mol. The van der Waals surface area contributed by atoms with Gasteiger partial charge in [-0.2, -0.15) is 4.99 Å². The van der Waals surface area contributed by atoms with Crippen molar-refractivity contribution in [2.75, 3.05) is 5.32 Å². The molecule has 3 N–H and O–H groups in total. The first-order chi connectivity index (χ1) is 14.5. The van der Waals surface area contributed by atoms with Crippen molar-refractivity contribution in [3.63, 3.8) is 0 Å². The number of aromatic nitrogens is 1. The van der Waals surface area contributed by atoms with Gasteiger partial charge in [0.15, 0.2) is 5.17 Å². The first-order valence-corrected chi connectivity index (χ1v) is 10.1. The zero-order valence-electron chi connectivity index (χ0n) is 15.4. The number of amides is 2. The highest BCUT2D eigenvalue weighted by Gasteiger charge is 2.22. The minimum absolute atomic E-state index is 0.141. The van der Waals surface area contributed by atoms with Crippen LogP contribution in [0.3, 0.4) is 0 Å². The third-order valence-electron chi connectivity index (χ3n) is 4.26. The van der Waals surface area contributed by atoms with E-state index >= 15 is 0 Å². The molecule has 0 aliphatic carbocycles. The summed E-state index contributed by atoms with van der Waals surface area (Å²) in [5.74, 6) is -0.339. The van der Waals surface area contributed by atoms with Gasteiger partial charge in [-0.15, -0.1) is 0 Å². The molecule has 0 bridgehead atoms. The number of hydrogen-bond donors (Lipinski definition) is 3. The molecule has 2 amide bonds. The molecule has 7 nitrogen and oxygen atoms in total. The molecule has 0 unspecified atom stereocenters. The van der Waals surface area contributed by atoms with Crippen LogP contribution in [0.25, 0.3) is 17.0 Å². The van der Waals surface area contributed by atoms with E-state index in [0.29, 0.717) is 20.8 Å². The van der Waals surface area contributed by atoms with E-state index in [1.807, 2.05) is 30.3 Å². The zero-order valence-corrected chi connectivity index (χ0v) is 17.0. The van der Waals surface area contributed by atoms with Gasteiger partial charge in [0.1, 0.15) is 0 Å². The van der Waals surface area contributed by atoms with E-state index in [2.05, 4.69) is 20.6 Å². The van der Waals surface area contributed by atoms with Gasteiger partial charge >= 0.3 is 6.09 Å². The van der Waals surface area contributed by atoms with E-state index in [-0.39, 0.29) is 12.5 Å². The Morgan fingerprint density at radius 1 is 1.20 bits per heavy atom. The molecule has 0 atom stereocenters. The Labute approximate surface area is 180 Å². The van der Waals surface area contributed by atoms with Gasteiger partial charge in [0.05, 0.1) is 21.1 Å². The number of carbonyl (C=O) groups is 2. The van der Waals surface area contributed by atoms with Gasteiger partial charge in [0.2, 0.25) is 0 Å². The lowest BCUT2D eigenvalue weighted by Crippen LogP contribution is -2.20. The fourth-order valence-corrected chi connectivity index (χ4v) is 3.86. The van der Waals surface area contributed by atoms with E-state index in [0.717, 1.165) is 22.0 Å². The SMILES string of the molecule is O=C(O)NCc1ccc(Cl)c(NC2=NC(=O)C(=Cc3ccc4ncccc4c3)S2)c1. The van der Waals surface area contributed by atoms with Crippen LogP contribution in [0.2, 0.25) is 5.02 Å². The molecule has 0 spiro atoms. The first-order valence-electron chi connectivity index (χ1n) is 8.87. The van der Waals surface area contributed by atoms with Gasteiger partial charge in [-0.1, -0.05) is 29.8 Å². The van der Waals surface area contributed by atoms with Crippen molar-refractivity contribution in [3.8, 4) is 0 Å². The number of amidine groups is 1. The molecule has 0 radical (unpaired) electrons. The highest BCUT2D eigenvalue weighted by atomic mass is 35.5. The number of fused-ring (bicyclic) bond motifs is 1. The molecule has 0 saturated carbocycles. The normalized spacial score (nSPS) is 14.8. The average Bonchev–Trinajstić information content (AvgIpc) is 3.07. The number of rotatable bonds is 4. The van der Waals surface area contributed by atoms with Gasteiger partial charge in [-0.25, -0.2) is 4.79 Å². The molecule has 1 aliphatic rings. The first kappa shape index (κ1) is 19.9. The molecule has 2 aromatic carbocycles. The Kier molecular flexibility index (Phi) is 5.69. The third-order valence-corrected chi connectivity index (χ3v) is 5.49. The molecular weight excluding hydrogens is 424 g/mol. The lowest BCUT2D eigenvalue weighted by atomic mass is 10.1. The van der Waals surface area contributed by atoms with Crippen LogP contribution in [-0.2, 0) is 11.3 Å². The summed E-state index contributed by atoms with van der Waals surface area (Å²) in [4.78, 5) is 31.8. The van der Waals surface area contributed by atoms with Crippen molar-refractivity contribution in [1.29, 1.82) is 0 Å². The van der Waals surface area contributed by atoms with Crippen LogP contribution in [-0.4, -0.2) is 27.3 Å². The molecule has 0 saturated heterocycles. The number of nitrogens with one attached hydrogen (secondary N) is 2. The van der Waals surface area contributed by atoms with Crippen molar-refractivity contribution in [2.24, 2.45) is 4.99 Å². The predicted octanol–water partition coefficient (Wildman–Crippen LogP) is 4.74. The maximum atomic E-state index is 12.3. The number of hydrogen-bond acceptors (Lipinski definition) is 5. The van der Waals surface area contributed by atoms with Crippen LogP contribution in [0.15, 0.2) is 64.6 Å². The molecule has 0 fully saturated rings. The summed E-state index contributed by atoms with van der Waals surface area (Å²) in [7, 11) is 0. The van der Waals surface area contributed by atoms with E-state index in [1.165, 1.54) is 11.8 Å². The molecule has 30 heavy (non-hydrogen) atoms. The smallest absolute Gasteiger partial charge is 0.404 e. The minimum Gasteiger partial charge on any atom is -0.465 e. The van der Waals surface area contributed by atoms with Crippen molar-refractivity contribution in [2.45, 2.75) is 6.54 Å². The summed E-state index contributed by atoms with van der Waals surface area (Å²) in [6.07, 6.45) is 2.41. The van der Waals surface area contributed by atoms with Crippen LogP contribution in [0.4, 0.5) is 10.5 Å². The lowest BCUT2D eigenvalue weighted by Gasteiger charge is -2.09. The highest BCUT2D eigenvalue weighted by Crippen LogP contribution is 2.32. The summed E-state index contributed by atoms with van der Waals surface area (Å²) >= 11 is 7.44.